The number of nitrogens with one attached hydrogen (secondary N) is 1. The van der Waals surface area contributed by atoms with Gasteiger partial charge in [-0.2, -0.15) is 5.26 Å². The van der Waals surface area contributed by atoms with Gasteiger partial charge in [-0.25, -0.2) is 0 Å². The zero-order chi connectivity index (χ0) is 14.7. The molecule has 2 aromatic rings. The van der Waals surface area contributed by atoms with E-state index in [2.05, 4.69) is 72.2 Å². The Balaban J connectivity index is 2.28. The van der Waals surface area contributed by atoms with Crippen LogP contribution in [0.25, 0.3) is 0 Å². The van der Waals surface area contributed by atoms with E-state index in [9.17, 15) is 5.26 Å². The van der Waals surface area contributed by atoms with E-state index in [0.717, 1.165) is 24.7 Å². The fraction of sp³-hybridized carbons (Fsp3) is 0.133. The maximum Gasteiger partial charge on any atom is 0.101 e. The Morgan fingerprint density at radius 1 is 1.05 bits per heavy atom. The molecule has 0 aliphatic rings. The minimum Gasteiger partial charge on any atom is -0.377 e. The van der Waals surface area contributed by atoms with E-state index in [-0.39, 0.29) is 6.04 Å². The van der Waals surface area contributed by atoms with Crippen molar-refractivity contribution in [3.8, 4) is 6.07 Å². The van der Waals surface area contributed by atoms with Gasteiger partial charge >= 0.3 is 0 Å². The molecule has 0 spiro atoms. The first-order valence-electron chi connectivity index (χ1n) is 5.92. The molecule has 2 nitrogen and oxygen atoms in total. The van der Waals surface area contributed by atoms with Crippen molar-refractivity contribution in [3.63, 3.8) is 0 Å². The molecule has 0 bridgehead atoms. The van der Waals surface area contributed by atoms with Crippen molar-refractivity contribution < 1.29 is 0 Å². The zero-order valence-electron chi connectivity index (χ0n) is 10.6. The van der Waals surface area contributed by atoms with Crippen LogP contribution in [0, 0.1) is 11.3 Å². The number of hydrogen-bond donors (Lipinski definition) is 1. The molecule has 0 fully saturated rings. The van der Waals surface area contributed by atoms with Crippen LogP contribution in [0.1, 0.15) is 24.1 Å². The number of rotatable bonds is 3. The summed E-state index contributed by atoms with van der Waals surface area (Å²) in [6.07, 6.45) is 0. The minimum absolute atomic E-state index is 0.0887. The summed E-state index contributed by atoms with van der Waals surface area (Å²) in [5, 5.41) is 12.6. The van der Waals surface area contributed by atoms with Gasteiger partial charge in [0.1, 0.15) is 6.07 Å². The minimum atomic E-state index is 0.0887. The number of anilines is 1. The van der Waals surface area contributed by atoms with Gasteiger partial charge in [0, 0.05) is 19.5 Å². The summed E-state index contributed by atoms with van der Waals surface area (Å²) in [7, 11) is 0. The predicted octanol–water partition coefficient (Wildman–Crippen LogP) is 6.02. The van der Waals surface area contributed by atoms with Crippen LogP contribution in [0.2, 0.25) is 0 Å². The second-order valence-electron chi connectivity index (χ2n) is 4.33. The lowest BCUT2D eigenvalue weighted by molar-refractivity contribution is 0.877. The van der Waals surface area contributed by atoms with Crippen LogP contribution in [0.3, 0.4) is 0 Å². The number of halogens is 3. The first-order chi connectivity index (χ1) is 9.51. The van der Waals surface area contributed by atoms with E-state index in [1.54, 1.807) is 0 Å². The van der Waals surface area contributed by atoms with Crippen LogP contribution < -0.4 is 5.32 Å². The molecule has 0 aliphatic heterocycles. The standard InChI is InChI=1S/C15H11Br3N2/c1-9(13-4-2-12(17)7-14(13)18)20-15-5-3-11(16)6-10(15)8-19/h2-7,9,20H,1H3. The topological polar surface area (TPSA) is 35.8 Å². The third-order valence-electron chi connectivity index (χ3n) is 2.90. The molecule has 102 valence electrons. The molecule has 0 saturated carbocycles. The molecule has 1 unspecified atom stereocenters. The van der Waals surface area contributed by atoms with Gasteiger partial charge in [0.2, 0.25) is 0 Å². The molecule has 0 amide bonds. The lowest BCUT2D eigenvalue weighted by Gasteiger charge is -2.18. The SMILES string of the molecule is CC(Nc1ccc(Br)cc1C#N)c1ccc(Br)cc1Br. The third kappa shape index (κ3) is 3.63. The molecule has 0 radical (unpaired) electrons. The number of benzene rings is 2. The van der Waals surface area contributed by atoms with Gasteiger partial charge < -0.3 is 5.32 Å². The van der Waals surface area contributed by atoms with Gasteiger partial charge in [-0.15, -0.1) is 0 Å². The molecule has 2 rings (SSSR count). The van der Waals surface area contributed by atoms with Gasteiger partial charge in [-0.1, -0.05) is 53.9 Å². The van der Waals surface area contributed by atoms with Crippen molar-refractivity contribution in [3.05, 3.63) is 60.9 Å². The number of nitriles is 1. The molecule has 0 aromatic heterocycles. The Morgan fingerprint density at radius 3 is 2.35 bits per heavy atom. The van der Waals surface area contributed by atoms with Crippen molar-refractivity contribution in [2.45, 2.75) is 13.0 Å². The number of nitrogens with zero attached hydrogens (tertiary/aromatic N) is 1. The third-order valence-corrected chi connectivity index (χ3v) is 4.58. The van der Waals surface area contributed by atoms with Crippen LogP contribution in [0.15, 0.2) is 49.8 Å². The van der Waals surface area contributed by atoms with Crippen molar-refractivity contribution in [1.29, 1.82) is 5.26 Å². The molecule has 0 aliphatic carbocycles. The van der Waals surface area contributed by atoms with Gasteiger partial charge in [-0.05, 0) is 42.8 Å². The van der Waals surface area contributed by atoms with E-state index in [0.29, 0.717) is 5.56 Å². The highest BCUT2D eigenvalue weighted by atomic mass is 79.9. The highest BCUT2D eigenvalue weighted by molar-refractivity contribution is 9.11. The van der Waals surface area contributed by atoms with Crippen LogP contribution in [-0.4, -0.2) is 0 Å². The highest BCUT2D eigenvalue weighted by Gasteiger charge is 2.11. The van der Waals surface area contributed by atoms with Crippen LogP contribution >= 0.6 is 47.8 Å². The van der Waals surface area contributed by atoms with Crippen molar-refractivity contribution >= 4 is 53.5 Å². The Hall–Kier alpha value is -0.830. The summed E-state index contributed by atoms with van der Waals surface area (Å²) < 4.78 is 2.96. The van der Waals surface area contributed by atoms with Gasteiger partial charge in [0.25, 0.3) is 0 Å². The Labute approximate surface area is 143 Å². The Bertz CT molecular complexity index is 677. The van der Waals surface area contributed by atoms with E-state index in [1.165, 1.54) is 0 Å². The van der Waals surface area contributed by atoms with Crippen molar-refractivity contribution in [2.75, 3.05) is 5.32 Å². The first kappa shape index (κ1) is 15.6. The van der Waals surface area contributed by atoms with Gasteiger partial charge in [0.05, 0.1) is 11.3 Å². The zero-order valence-corrected chi connectivity index (χ0v) is 15.4. The smallest absolute Gasteiger partial charge is 0.101 e. The lowest BCUT2D eigenvalue weighted by Crippen LogP contribution is -2.08. The van der Waals surface area contributed by atoms with Gasteiger partial charge in [0.15, 0.2) is 0 Å². The molecule has 5 heteroatoms. The second kappa shape index (κ2) is 6.75. The molecular formula is C15H11Br3N2. The lowest BCUT2D eigenvalue weighted by atomic mass is 10.1. The summed E-state index contributed by atoms with van der Waals surface area (Å²) in [6, 6.07) is 14.0. The monoisotopic (exact) mass is 456 g/mol. The van der Waals surface area contributed by atoms with Crippen molar-refractivity contribution in [1.82, 2.24) is 0 Å². The van der Waals surface area contributed by atoms with Crippen LogP contribution in [0.5, 0.6) is 0 Å². The normalized spacial score (nSPS) is 11.8. The van der Waals surface area contributed by atoms with Crippen LogP contribution in [0.4, 0.5) is 5.69 Å². The van der Waals surface area contributed by atoms with Crippen LogP contribution in [-0.2, 0) is 0 Å². The van der Waals surface area contributed by atoms with E-state index in [1.807, 2.05) is 30.3 Å². The molecule has 0 heterocycles. The summed E-state index contributed by atoms with van der Waals surface area (Å²) in [6.45, 7) is 2.07. The molecule has 20 heavy (non-hydrogen) atoms. The highest BCUT2D eigenvalue weighted by Crippen LogP contribution is 2.30. The molecule has 1 N–H and O–H groups in total. The first-order valence-corrected chi connectivity index (χ1v) is 8.30. The van der Waals surface area contributed by atoms with E-state index < -0.39 is 0 Å². The van der Waals surface area contributed by atoms with E-state index in [4.69, 9.17) is 0 Å². The Kier molecular flexibility index (Phi) is 5.25. The maximum absolute atomic E-state index is 9.19. The molecule has 0 saturated heterocycles. The average molecular weight is 459 g/mol. The molecule has 1 atom stereocenters. The molecular weight excluding hydrogens is 448 g/mol. The summed E-state index contributed by atoms with van der Waals surface area (Å²) in [5.74, 6) is 0. The second-order valence-corrected chi connectivity index (χ2v) is 7.02. The number of hydrogen-bond acceptors (Lipinski definition) is 2. The largest absolute Gasteiger partial charge is 0.377 e. The van der Waals surface area contributed by atoms with E-state index >= 15 is 0 Å². The summed E-state index contributed by atoms with van der Waals surface area (Å²) in [5.41, 5.74) is 2.59. The fourth-order valence-electron chi connectivity index (χ4n) is 1.90. The predicted molar refractivity (Wildman–Crippen MR) is 92.7 cm³/mol. The quantitative estimate of drug-likeness (QED) is 0.610. The average Bonchev–Trinajstić information content (AvgIpc) is 2.40. The van der Waals surface area contributed by atoms with Gasteiger partial charge in [-0.3, -0.25) is 0 Å². The Morgan fingerprint density at radius 2 is 1.70 bits per heavy atom. The summed E-state index contributed by atoms with van der Waals surface area (Å²) >= 11 is 10.4. The molecule has 2 aromatic carbocycles. The maximum atomic E-state index is 9.19. The fourth-order valence-corrected chi connectivity index (χ4v) is 3.65. The summed E-state index contributed by atoms with van der Waals surface area (Å²) in [4.78, 5) is 0. The van der Waals surface area contributed by atoms with Crippen molar-refractivity contribution in [2.24, 2.45) is 0 Å².